The maximum Gasteiger partial charge on any atom is 0.221 e. The molecule has 0 saturated heterocycles. The Morgan fingerprint density at radius 2 is 2.11 bits per heavy atom. The van der Waals surface area contributed by atoms with Gasteiger partial charge in [-0.1, -0.05) is 20.8 Å². The molecular weight excluding hydrogens is 246 g/mol. The SMILES string of the molecule is CC(C)NC(=O)CCn1c(C(C)(C)C)c[nH]c1=S. The van der Waals surface area contributed by atoms with Gasteiger partial charge in [-0.15, -0.1) is 0 Å². The van der Waals surface area contributed by atoms with Crippen LogP contribution in [0.15, 0.2) is 6.20 Å². The van der Waals surface area contributed by atoms with E-state index in [1.807, 2.05) is 24.6 Å². The molecule has 0 aliphatic rings. The molecule has 1 heterocycles. The van der Waals surface area contributed by atoms with Crippen LogP contribution in [-0.4, -0.2) is 21.5 Å². The molecule has 0 atom stereocenters. The number of carbonyl (C=O) groups excluding carboxylic acids is 1. The third-order valence-corrected chi connectivity index (χ3v) is 2.99. The summed E-state index contributed by atoms with van der Waals surface area (Å²) in [6.45, 7) is 10.9. The zero-order valence-corrected chi connectivity index (χ0v) is 12.6. The van der Waals surface area contributed by atoms with Gasteiger partial charge >= 0.3 is 0 Å². The molecule has 1 aromatic heterocycles. The van der Waals surface area contributed by atoms with Crippen LogP contribution in [0, 0.1) is 4.77 Å². The number of aromatic amines is 1. The average molecular weight is 269 g/mol. The van der Waals surface area contributed by atoms with E-state index in [0.717, 1.165) is 5.69 Å². The van der Waals surface area contributed by atoms with Gasteiger partial charge in [0.15, 0.2) is 4.77 Å². The monoisotopic (exact) mass is 269 g/mol. The first-order chi connectivity index (χ1) is 8.21. The van der Waals surface area contributed by atoms with Gasteiger partial charge in [0.2, 0.25) is 5.91 Å². The number of amides is 1. The minimum atomic E-state index is 0.0160. The number of H-pyrrole nitrogens is 1. The number of nitrogens with one attached hydrogen (secondary N) is 2. The summed E-state index contributed by atoms with van der Waals surface area (Å²) in [5.41, 5.74) is 1.15. The van der Waals surface area contributed by atoms with Crippen LogP contribution in [0.5, 0.6) is 0 Å². The smallest absolute Gasteiger partial charge is 0.221 e. The highest BCUT2D eigenvalue weighted by atomic mass is 32.1. The number of rotatable bonds is 4. The van der Waals surface area contributed by atoms with Crippen molar-refractivity contribution in [3.05, 3.63) is 16.7 Å². The molecule has 1 aromatic rings. The third kappa shape index (κ3) is 3.98. The lowest BCUT2D eigenvalue weighted by molar-refractivity contribution is -0.121. The zero-order chi connectivity index (χ0) is 13.9. The van der Waals surface area contributed by atoms with Crippen molar-refractivity contribution in [2.24, 2.45) is 0 Å². The highest BCUT2D eigenvalue weighted by Crippen LogP contribution is 2.22. The van der Waals surface area contributed by atoms with E-state index >= 15 is 0 Å². The van der Waals surface area contributed by atoms with Gasteiger partial charge in [0.1, 0.15) is 0 Å². The summed E-state index contributed by atoms with van der Waals surface area (Å²) in [7, 11) is 0. The molecule has 0 bridgehead atoms. The van der Waals surface area contributed by atoms with Gasteiger partial charge < -0.3 is 14.9 Å². The van der Waals surface area contributed by atoms with Crippen molar-refractivity contribution >= 4 is 18.1 Å². The summed E-state index contributed by atoms with van der Waals surface area (Å²) in [4.78, 5) is 14.7. The minimum Gasteiger partial charge on any atom is -0.354 e. The molecule has 18 heavy (non-hydrogen) atoms. The van der Waals surface area contributed by atoms with Crippen molar-refractivity contribution in [1.29, 1.82) is 0 Å². The summed E-state index contributed by atoms with van der Waals surface area (Å²) in [6, 6.07) is 0.179. The molecule has 0 fully saturated rings. The Morgan fingerprint density at radius 1 is 1.50 bits per heavy atom. The van der Waals surface area contributed by atoms with E-state index in [2.05, 4.69) is 31.1 Å². The topological polar surface area (TPSA) is 49.8 Å². The molecule has 102 valence electrons. The largest absolute Gasteiger partial charge is 0.354 e. The van der Waals surface area contributed by atoms with Crippen molar-refractivity contribution < 1.29 is 4.79 Å². The van der Waals surface area contributed by atoms with Crippen LogP contribution < -0.4 is 5.32 Å². The van der Waals surface area contributed by atoms with Crippen molar-refractivity contribution in [1.82, 2.24) is 14.9 Å². The molecule has 4 nitrogen and oxygen atoms in total. The Kier molecular flexibility index (Phi) is 4.73. The number of nitrogens with zero attached hydrogens (tertiary/aromatic N) is 1. The lowest BCUT2D eigenvalue weighted by Crippen LogP contribution is -2.31. The fourth-order valence-electron chi connectivity index (χ4n) is 1.85. The van der Waals surface area contributed by atoms with Gasteiger partial charge in [0, 0.05) is 36.3 Å². The first kappa shape index (κ1) is 15.0. The van der Waals surface area contributed by atoms with Gasteiger partial charge in [0.05, 0.1) is 0 Å². The van der Waals surface area contributed by atoms with Crippen LogP contribution in [-0.2, 0) is 16.8 Å². The van der Waals surface area contributed by atoms with Crippen molar-refractivity contribution in [2.75, 3.05) is 0 Å². The fraction of sp³-hybridized carbons (Fsp3) is 0.692. The van der Waals surface area contributed by atoms with Gasteiger partial charge in [0.25, 0.3) is 0 Å². The van der Waals surface area contributed by atoms with Crippen LogP contribution in [0.25, 0.3) is 0 Å². The Hall–Kier alpha value is -1.10. The summed E-state index contributed by atoms with van der Waals surface area (Å²) in [6.07, 6.45) is 2.39. The van der Waals surface area contributed by atoms with Crippen molar-refractivity contribution in [2.45, 2.75) is 59.0 Å². The van der Waals surface area contributed by atoms with Gasteiger partial charge in [-0.3, -0.25) is 4.79 Å². The first-order valence-corrected chi connectivity index (χ1v) is 6.70. The standard InChI is InChI=1S/C13H23N3OS/c1-9(2)15-11(17)6-7-16-10(13(3,4)5)8-14-12(16)18/h8-9H,6-7H2,1-5H3,(H,14,18)(H,15,17). The normalized spacial score (nSPS) is 11.9. The highest BCUT2D eigenvalue weighted by molar-refractivity contribution is 7.71. The molecule has 1 amide bonds. The Balaban J connectivity index is 2.77. The van der Waals surface area contributed by atoms with Crippen molar-refractivity contribution in [3.8, 4) is 0 Å². The Labute approximate surface area is 114 Å². The molecule has 5 heteroatoms. The molecule has 0 radical (unpaired) electrons. The van der Waals surface area contributed by atoms with E-state index in [4.69, 9.17) is 12.2 Å². The number of hydrogen-bond acceptors (Lipinski definition) is 2. The second-order valence-corrected chi connectivity index (χ2v) is 6.24. The Bertz CT molecular complexity index is 465. The van der Waals surface area contributed by atoms with E-state index in [0.29, 0.717) is 17.7 Å². The number of hydrogen-bond donors (Lipinski definition) is 2. The molecule has 0 spiro atoms. The molecule has 1 rings (SSSR count). The quantitative estimate of drug-likeness (QED) is 0.826. The number of aromatic nitrogens is 2. The predicted octanol–water partition coefficient (Wildman–Crippen LogP) is 2.76. The van der Waals surface area contributed by atoms with Crippen molar-refractivity contribution in [3.63, 3.8) is 0 Å². The molecule has 0 saturated carbocycles. The lowest BCUT2D eigenvalue weighted by Gasteiger charge is -2.20. The zero-order valence-electron chi connectivity index (χ0n) is 11.8. The predicted molar refractivity (Wildman–Crippen MR) is 76.2 cm³/mol. The van der Waals surface area contributed by atoms with Crippen LogP contribution in [0.3, 0.4) is 0 Å². The van der Waals surface area contributed by atoms with Gasteiger partial charge in [-0.2, -0.15) is 0 Å². The van der Waals surface area contributed by atoms with E-state index in [-0.39, 0.29) is 17.4 Å². The summed E-state index contributed by atoms with van der Waals surface area (Å²) >= 11 is 5.26. The lowest BCUT2D eigenvalue weighted by atomic mass is 9.92. The van der Waals surface area contributed by atoms with E-state index in [1.54, 1.807) is 0 Å². The fourth-order valence-corrected chi connectivity index (χ4v) is 2.09. The van der Waals surface area contributed by atoms with Crippen LogP contribution >= 0.6 is 12.2 Å². The summed E-state index contributed by atoms with van der Waals surface area (Å²) in [5.74, 6) is 0.0629. The van der Waals surface area contributed by atoms with Gasteiger partial charge in [-0.05, 0) is 26.1 Å². The summed E-state index contributed by atoms with van der Waals surface area (Å²) in [5, 5.41) is 2.89. The highest BCUT2D eigenvalue weighted by Gasteiger charge is 2.19. The molecule has 2 N–H and O–H groups in total. The molecular formula is C13H23N3OS. The van der Waals surface area contributed by atoms with E-state index in [1.165, 1.54) is 0 Å². The minimum absolute atomic E-state index is 0.0160. The molecule has 0 aromatic carbocycles. The van der Waals surface area contributed by atoms with Crippen LogP contribution in [0.2, 0.25) is 0 Å². The van der Waals surface area contributed by atoms with Crippen LogP contribution in [0.1, 0.15) is 46.7 Å². The maximum absolute atomic E-state index is 11.7. The van der Waals surface area contributed by atoms with E-state index < -0.39 is 0 Å². The molecule has 0 aliphatic heterocycles. The second-order valence-electron chi connectivity index (χ2n) is 5.85. The van der Waals surface area contributed by atoms with Gasteiger partial charge in [-0.25, -0.2) is 0 Å². The average Bonchev–Trinajstić information content (AvgIpc) is 2.55. The first-order valence-electron chi connectivity index (χ1n) is 6.30. The number of imidazole rings is 1. The van der Waals surface area contributed by atoms with Crippen LogP contribution in [0.4, 0.5) is 0 Å². The second kappa shape index (κ2) is 5.69. The number of carbonyl (C=O) groups is 1. The maximum atomic E-state index is 11.7. The third-order valence-electron chi connectivity index (χ3n) is 2.65. The Morgan fingerprint density at radius 3 is 2.61 bits per heavy atom. The van der Waals surface area contributed by atoms with E-state index in [9.17, 15) is 4.79 Å². The molecule has 0 aliphatic carbocycles. The molecule has 0 unspecified atom stereocenters. The summed E-state index contributed by atoms with van der Waals surface area (Å²) < 4.78 is 2.69.